The van der Waals surface area contributed by atoms with E-state index in [1.807, 2.05) is 0 Å². The molecule has 9 nitrogen and oxygen atoms in total. The third kappa shape index (κ3) is 4.24. The Bertz CT molecular complexity index is 1080. The number of carbonyl (C=O) groups is 1. The first-order valence-electron chi connectivity index (χ1n) is 9.22. The average molecular weight is 414 g/mol. The second kappa shape index (κ2) is 9.14. The maximum Gasteiger partial charge on any atom is 0.344 e. The van der Waals surface area contributed by atoms with Gasteiger partial charge in [0, 0.05) is 29.5 Å². The maximum atomic E-state index is 12.6. The van der Waals surface area contributed by atoms with Crippen LogP contribution in [0.1, 0.15) is 5.56 Å². The van der Waals surface area contributed by atoms with E-state index < -0.39 is 36.6 Å². The van der Waals surface area contributed by atoms with Gasteiger partial charge in [0.05, 0.1) is 12.2 Å². The Kier molecular flexibility index (Phi) is 6.58. The van der Waals surface area contributed by atoms with Gasteiger partial charge in [-0.1, -0.05) is 0 Å². The molecule has 2 heterocycles. The first kappa shape index (κ1) is 21.6. The molecular weight excluding hydrogens is 392 g/mol. The van der Waals surface area contributed by atoms with E-state index in [2.05, 4.69) is 10.3 Å². The Balaban J connectivity index is 1.94. The van der Waals surface area contributed by atoms with E-state index in [1.54, 1.807) is 43.6 Å². The van der Waals surface area contributed by atoms with Crippen LogP contribution >= 0.6 is 0 Å². The molecule has 0 unspecified atom stereocenters. The minimum atomic E-state index is -1.73. The van der Waals surface area contributed by atoms with Gasteiger partial charge in [-0.2, -0.15) is 0 Å². The van der Waals surface area contributed by atoms with Gasteiger partial charge in [0.25, 0.3) is 0 Å². The molecule has 0 spiro atoms. The molecule has 30 heavy (non-hydrogen) atoms. The zero-order valence-electron chi connectivity index (χ0n) is 16.1. The second-order valence-electron chi connectivity index (χ2n) is 6.87. The van der Waals surface area contributed by atoms with Crippen LogP contribution in [0.2, 0.25) is 0 Å². The summed E-state index contributed by atoms with van der Waals surface area (Å²) in [5.74, 6) is 0. The molecule has 0 saturated heterocycles. The molecule has 0 radical (unpaired) electrons. The SMILES string of the molecule is Cc1c(-c2ccncc2)c(=O)oc2cc(N[C@@H](C=O)[C@@H](O)[C@H](O)[C@H](O)CO)ccc12. The van der Waals surface area contributed by atoms with Crippen molar-refractivity contribution < 1.29 is 29.6 Å². The van der Waals surface area contributed by atoms with Crippen molar-refractivity contribution >= 4 is 22.9 Å². The molecule has 0 aliphatic heterocycles. The topological polar surface area (TPSA) is 153 Å². The molecule has 0 bridgehead atoms. The number of aliphatic hydroxyl groups excluding tert-OH is 4. The number of rotatable bonds is 8. The number of anilines is 1. The molecule has 158 valence electrons. The van der Waals surface area contributed by atoms with Crippen LogP contribution in [0, 0.1) is 6.92 Å². The Morgan fingerprint density at radius 2 is 1.83 bits per heavy atom. The first-order chi connectivity index (χ1) is 14.4. The minimum absolute atomic E-state index is 0.274. The molecule has 5 N–H and O–H groups in total. The van der Waals surface area contributed by atoms with Gasteiger partial charge >= 0.3 is 5.63 Å². The van der Waals surface area contributed by atoms with Gasteiger partial charge in [-0.25, -0.2) is 4.79 Å². The molecule has 0 amide bonds. The number of nitrogens with zero attached hydrogens (tertiary/aromatic N) is 1. The van der Waals surface area contributed by atoms with Gasteiger partial charge in [-0.05, 0) is 42.3 Å². The van der Waals surface area contributed by atoms with Crippen LogP contribution in [0.3, 0.4) is 0 Å². The lowest BCUT2D eigenvalue weighted by atomic mass is 9.99. The fraction of sp³-hybridized carbons (Fsp3) is 0.286. The first-order valence-corrected chi connectivity index (χ1v) is 9.22. The number of hydrogen-bond donors (Lipinski definition) is 5. The fourth-order valence-electron chi connectivity index (χ4n) is 3.24. The zero-order valence-corrected chi connectivity index (χ0v) is 16.1. The molecule has 4 atom stereocenters. The maximum absolute atomic E-state index is 12.6. The Labute approximate surface area is 171 Å². The van der Waals surface area contributed by atoms with Crippen molar-refractivity contribution in [1.29, 1.82) is 0 Å². The van der Waals surface area contributed by atoms with E-state index in [1.165, 1.54) is 6.07 Å². The van der Waals surface area contributed by atoms with Crippen molar-refractivity contribution in [1.82, 2.24) is 4.98 Å². The van der Waals surface area contributed by atoms with Gasteiger partial charge in [-0.3, -0.25) is 4.98 Å². The average Bonchev–Trinajstić information content (AvgIpc) is 2.76. The molecule has 3 rings (SSSR count). The Morgan fingerprint density at radius 3 is 2.47 bits per heavy atom. The molecule has 1 aromatic carbocycles. The number of aliphatic hydroxyl groups is 4. The Morgan fingerprint density at radius 1 is 1.13 bits per heavy atom. The smallest absolute Gasteiger partial charge is 0.344 e. The van der Waals surface area contributed by atoms with Crippen molar-refractivity contribution in [3.63, 3.8) is 0 Å². The van der Waals surface area contributed by atoms with Crippen LogP contribution in [-0.2, 0) is 4.79 Å². The lowest BCUT2D eigenvalue weighted by Crippen LogP contribution is -2.49. The third-order valence-corrected chi connectivity index (χ3v) is 4.92. The lowest BCUT2D eigenvalue weighted by Gasteiger charge is -2.26. The van der Waals surface area contributed by atoms with Crippen LogP contribution in [-0.4, -0.2) is 62.7 Å². The molecule has 0 aliphatic carbocycles. The quantitative estimate of drug-likeness (QED) is 0.257. The van der Waals surface area contributed by atoms with Crippen molar-refractivity contribution in [2.45, 2.75) is 31.3 Å². The van der Waals surface area contributed by atoms with E-state index in [-0.39, 0.29) is 5.58 Å². The number of benzene rings is 1. The number of aldehydes is 1. The summed E-state index contributed by atoms with van der Waals surface area (Å²) in [6.07, 6.45) is -1.48. The highest BCUT2D eigenvalue weighted by Crippen LogP contribution is 2.28. The van der Waals surface area contributed by atoms with Crippen LogP contribution in [0.4, 0.5) is 5.69 Å². The summed E-state index contributed by atoms with van der Waals surface area (Å²) in [5, 5.41) is 41.7. The van der Waals surface area contributed by atoms with E-state index in [0.717, 1.165) is 0 Å². The largest absolute Gasteiger partial charge is 0.422 e. The molecule has 9 heteroatoms. The number of nitrogens with one attached hydrogen (secondary N) is 1. The van der Waals surface area contributed by atoms with Crippen molar-refractivity contribution in [3.8, 4) is 11.1 Å². The predicted octanol–water partition coefficient (Wildman–Crippen LogP) is 0.218. The zero-order chi connectivity index (χ0) is 21.8. The van der Waals surface area contributed by atoms with Crippen LogP contribution in [0.25, 0.3) is 22.1 Å². The second-order valence-corrected chi connectivity index (χ2v) is 6.87. The van der Waals surface area contributed by atoms with Gasteiger partial charge in [-0.15, -0.1) is 0 Å². The van der Waals surface area contributed by atoms with Gasteiger partial charge in [0.2, 0.25) is 0 Å². The summed E-state index contributed by atoms with van der Waals surface area (Å²) >= 11 is 0. The standard InChI is InChI=1S/C21H22N2O7/c1-11-14-3-2-13(23-15(9-24)19(27)20(28)16(26)10-25)8-17(14)30-21(29)18(11)12-4-6-22-7-5-12/h2-9,15-16,19-20,23,25-28H,10H2,1H3/t15-,16+,19+,20+/m0/s1. The summed E-state index contributed by atoms with van der Waals surface area (Å²) < 4.78 is 5.46. The van der Waals surface area contributed by atoms with Crippen LogP contribution < -0.4 is 10.9 Å². The molecule has 0 saturated carbocycles. The monoisotopic (exact) mass is 414 g/mol. The Hall–Kier alpha value is -3.11. The highest BCUT2D eigenvalue weighted by atomic mass is 16.4. The normalized spacial score (nSPS) is 15.4. The van der Waals surface area contributed by atoms with Crippen LogP contribution in [0.15, 0.2) is 51.9 Å². The van der Waals surface area contributed by atoms with E-state index in [0.29, 0.717) is 34.1 Å². The van der Waals surface area contributed by atoms with Gasteiger partial charge in [0.15, 0.2) is 0 Å². The molecule has 2 aromatic heterocycles. The van der Waals surface area contributed by atoms with E-state index in [4.69, 9.17) is 9.52 Å². The molecule has 0 fully saturated rings. The summed E-state index contributed by atoms with van der Waals surface area (Å²) in [5.41, 5.74) is 1.91. The molecule has 0 aliphatic rings. The third-order valence-electron chi connectivity index (χ3n) is 4.92. The van der Waals surface area contributed by atoms with E-state index >= 15 is 0 Å². The van der Waals surface area contributed by atoms with Crippen molar-refractivity contribution in [3.05, 3.63) is 58.7 Å². The fourth-order valence-corrected chi connectivity index (χ4v) is 3.24. The number of carbonyl (C=O) groups excluding carboxylic acids is 1. The van der Waals surface area contributed by atoms with Gasteiger partial charge in [0.1, 0.15) is 36.2 Å². The number of fused-ring (bicyclic) bond motifs is 1. The summed E-state index contributed by atoms with van der Waals surface area (Å²) in [7, 11) is 0. The molecular formula is C21H22N2O7. The van der Waals surface area contributed by atoms with Crippen LogP contribution in [0.5, 0.6) is 0 Å². The predicted molar refractivity (Wildman–Crippen MR) is 109 cm³/mol. The highest BCUT2D eigenvalue weighted by molar-refractivity contribution is 5.88. The molecule has 3 aromatic rings. The number of aromatic nitrogens is 1. The van der Waals surface area contributed by atoms with Crippen molar-refractivity contribution in [2.24, 2.45) is 0 Å². The lowest BCUT2D eigenvalue weighted by molar-refractivity contribution is -0.117. The summed E-state index contributed by atoms with van der Waals surface area (Å²) in [6, 6.07) is 6.98. The number of pyridine rings is 1. The number of aryl methyl sites for hydroxylation is 1. The highest BCUT2D eigenvalue weighted by Gasteiger charge is 2.31. The van der Waals surface area contributed by atoms with E-state index in [9.17, 15) is 24.9 Å². The van der Waals surface area contributed by atoms with Gasteiger partial charge < -0.3 is 35.0 Å². The number of hydrogen-bond acceptors (Lipinski definition) is 9. The van der Waals surface area contributed by atoms with Crippen molar-refractivity contribution in [2.75, 3.05) is 11.9 Å². The summed E-state index contributed by atoms with van der Waals surface area (Å²) in [6.45, 7) is 1.02. The summed E-state index contributed by atoms with van der Waals surface area (Å²) in [4.78, 5) is 27.9. The minimum Gasteiger partial charge on any atom is -0.422 e.